The molecule has 0 bridgehead atoms. The van der Waals surface area contributed by atoms with Gasteiger partial charge in [0, 0.05) is 18.2 Å². The quantitative estimate of drug-likeness (QED) is 0.760. The van der Waals surface area contributed by atoms with Gasteiger partial charge in [-0.25, -0.2) is 4.39 Å². The van der Waals surface area contributed by atoms with Crippen molar-refractivity contribution in [2.24, 2.45) is 0 Å². The number of hydrogen-bond donors (Lipinski definition) is 2. The van der Waals surface area contributed by atoms with Crippen LogP contribution in [0, 0.1) is 17.1 Å². The van der Waals surface area contributed by atoms with Gasteiger partial charge in [0.2, 0.25) is 0 Å². The Kier molecular flexibility index (Phi) is 5.76. The first-order valence-electron chi connectivity index (χ1n) is 5.78. The summed E-state index contributed by atoms with van der Waals surface area (Å²) >= 11 is 0. The minimum atomic E-state index is -0.900. The number of hydrogen-bond acceptors (Lipinski definition) is 4. The summed E-state index contributed by atoms with van der Waals surface area (Å²) in [7, 11) is 0. The number of aliphatic hydroxyl groups excluding tert-OH is 1. The predicted octanol–water partition coefficient (Wildman–Crippen LogP) is 1.29. The van der Waals surface area contributed by atoms with Gasteiger partial charge < -0.3 is 15.2 Å². The van der Waals surface area contributed by atoms with Crippen molar-refractivity contribution in [2.45, 2.75) is 19.4 Å². The van der Waals surface area contributed by atoms with Crippen molar-refractivity contribution >= 4 is 5.91 Å². The van der Waals surface area contributed by atoms with E-state index >= 15 is 0 Å². The van der Waals surface area contributed by atoms with Crippen molar-refractivity contribution in [1.82, 2.24) is 5.32 Å². The highest BCUT2D eigenvalue weighted by Crippen LogP contribution is 2.21. The van der Waals surface area contributed by atoms with E-state index in [2.05, 4.69) is 5.32 Å². The van der Waals surface area contributed by atoms with Crippen LogP contribution >= 0.6 is 0 Å². The third kappa shape index (κ3) is 4.94. The first-order valence-corrected chi connectivity index (χ1v) is 5.78. The molecule has 0 fully saturated rings. The lowest BCUT2D eigenvalue weighted by Gasteiger charge is -2.09. The number of ether oxygens (including phenoxy) is 1. The van der Waals surface area contributed by atoms with Gasteiger partial charge in [-0.3, -0.25) is 4.79 Å². The van der Waals surface area contributed by atoms with E-state index < -0.39 is 11.9 Å². The Hall–Kier alpha value is -2.13. The molecular formula is C13H15FN2O3. The van der Waals surface area contributed by atoms with Gasteiger partial charge in [-0.15, -0.1) is 0 Å². The average molecular weight is 266 g/mol. The van der Waals surface area contributed by atoms with Crippen molar-refractivity contribution < 1.29 is 19.0 Å². The summed E-state index contributed by atoms with van der Waals surface area (Å²) < 4.78 is 18.6. The summed E-state index contributed by atoms with van der Waals surface area (Å²) in [5.41, 5.74) is 0.172. The van der Waals surface area contributed by atoms with Gasteiger partial charge in [0.15, 0.2) is 6.61 Å². The van der Waals surface area contributed by atoms with E-state index in [-0.39, 0.29) is 36.8 Å². The second-order valence-corrected chi connectivity index (χ2v) is 3.91. The number of halogens is 1. The van der Waals surface area contributed by atoms with E-state index in [0.717, 1.165) is 6.07 Å². The Morgan fingerprint density at radius 1 is 1.63 bits per heavy atom. The number of nitrogens with zero attached hydrogens (tertiary/aromatic N) is 1. The number of amides is 1. The Morgan fingerprint density at radius 2 is 2.37 bits per heavy atom. The molecule has 0 heterocycles. The number of aliphatic hydroxyl groups is 1. The Labute approximate surface area is 110 Å². The lowest BCUT2D eigenvalue weighted by molar-refractivity contribution is -0.123. The molecule has 1 amide bonds. The Balaban J connectivity index is 2.48. The number of nitriles is 1. The fourth-order valence-electron chi connectivity index (χ4n) is 1.39. The van der Waals surface area contributed by atoms with Crippen LogP contribution in [0.25, 0.3) is 0 Å². The normalized spacial score (nSPS) is 11.5. The topological polar surface area (TPSA) is 82.3 Å². The van der Waals surface area contributed by atoms with E-state index in [1.807, 2.05) is 6.07 Å². The van der Waals surface area contributed by atoms with Crippen molar-refractivity contribution in [3.63, 3.8) is 0 Å². The zero-order valence-corrected chi connectivity index (χ0v) is 10.5. The molecule has 19 heavy (non-hydrogen) atoms. The molecule has 1 atom stereocenters. The van der Waals surface area contributed by atoms with Gasteiger partial charge in [0.05, 0.1) is 18.6 Å². The molecule has 0 unspecified atom stereocenters. The number of rotatable bonds is 6. The molecule has 102 valence electrons. The van der Waals surface area contributed by atoms with Gasteiger partial charge in [-0.2, -0.15) is 5.26 Å². The molecular weight excluding hydrogens is 251 g/mol. The zero-order valence-electron chi connectivity index (χ0n) is 10.5. The molecule has 0 aliphatic carbocycles. The highest BCUT2D eigenvalue weighted by Gasteiger charge is 2.09. The summed E-state index contributed by atoms with van der Waals surface area (Å²) in [5, 5.41) is 20.0. The van der Waals surface area contributed by atoms with Crippen molar-refractivity contribution in [3.05, 3.63) is 29.6 Å². The maximum atomic E-state index is 13.5. The van der Waals surface area contributed by atoms with Crippen molar-refractivity contribution in [3.8, 4) is 11.8 Å². The summed E-state index contributed by atoms with van der Waals surface area (Å²) in [5.74, 6) is -0.759. The van der Waals surface area contributed by atoms with Crippen LogP contribution in [-0.4, -0.2) is 24.2 Å². The third-order valence-electron chi connectivity index (χ3n) is 2.35. The molecule has 1 aromatic carbocycles. The molecule has 1 rings (SSSR count). The maximum absolute atomic E-state index is 13.5. The highest BCUT2D eigenvalue weighted by molar-refractivity contribution is 5.77. The van der Waals surface area contributed by atoms with Gasteiger partial charge in [0.1, 0.15) is 11.6 Å². The van der Waals surface area contributed by atoms with E-state index in [0.29, 0.717) is 0 Å². The summed E-state index contributed by atoms with van der Waals surface area (Å²) in [4.78, 5) is 11.3. The molecule has 0 aliphatic rings. The van der Waals surface area contributed by atoms with Crippen LogP contribution in [0.2, 0.25) is 0 Å². The van der Waals surface area contributed by atoms with Gasteiger partial charge in [-0.05, 0) is 19.1 Å². The molecule has 0 saturated heterocycles. The molecule has 0 saturated carbocycles. The lowest BCUT2D eigenvalue weighted by atomic mass is 10.1. The van der Waals surface area contributed by atoms with Crippen LogP contribution in [0.5, 0.6) is 5.75 Å². The average Bonchev–Trinajstić information content (AvgIpc) is 2.36. The molecule has 1 aromatic rings. The first-order chi connectivity index (χ1) is 9.04. The van der Waals surface area contributed by atoms with Crippen LogP contribution in [0.3, 0.4) is 0 Å². The Bertz CT molecular complexity index is 483. The Morgan fingerprint density at radius 3 is 2.95 bits per heavy atom. The number of carbonyl (C=O) groups is 1. The monoisotopic (exact) mass is 266 g/mol. The van der Waals surface area contributed by atoms with E-state index in [4.69, 9.17) is 10.00 Å². The predicted molar refractivity (Wildman–Crippen MR) is 65.8 cm³/mol. The summed E-state index contributed by atoms with van der Waals surface area (Å²) in [6.07, 6.45) is -0.674. The molecule has 2 N–H and O–H groups in total. The first kappa shape index (κ1) is 14.9. The number of carbonyl (C=O) groups excluding carboxylic acids is 1. The van der Waals surface area contributed by atoms with Crippen molar-refractivity contribution in [1.29, 1.82) is 5.26 Å². The molecule has 0 spiro atoms. The van der Waals surface area contributed by atoms with Crippen molar-refractivity contribution in [2.75, 3.05) is 13.2 Å². The van der Waals surface area contributed by atoms with Crippen LogP contribution in [-0.2, 0) is 4.79 Å². The van der Waals surface area contributed by atoms with Gasteiger partial charge >= 0.3 is 0 Å². The summed E-state index contributed by atoms with van der Waals surface area (Å²) in [6, 6.07) is 5.89. The largest absolute Gasteiger partial charge is 0.484 e. The van der Waals surface area contributed by atoms with Crippen LogP contribution < -0.4 is 10.1 Å². The highest BCUT2D eigenvalue weighted by atomic mass is 19.1. The second kappa shape index (κ2) is 7.34. The minimum absolute atomic E-state index is 0.172. The second-order valence-electron chi connectivity index (χ2n) is 3.91. The van der Waals surface area contributed by atoms with Crippen LogP contribution in [0.15, 0.2) is 18.2 Å². The fraction of sp³-hybridized carbons (Fsp3) is 0.385. The van der Waals surface area contributed by atoms with Crippen LogP contribution in [0.4, 0.5) is 4.39 Å². The zero-order chi connectivity index (χ0) is 14.3. The summed E-state index contributed by atoms with van der Waals surface area (Å²) in [6.45, 7) is 1.47. The number of nitrogens with one attached hydrogen (secondary N) is 1. The smallest absolute Gasteiger partial charge is 0.257 e. The minimum Gasteiger partial charge on any atom is -0.484 e. The molecule has 0 aliphatic heterocycles. The molecule has 0 radical (unpaired) electrons. The molecule has 5 nitrogen and oxygen atoms in total. The molecule has 6 heteroatoms. The lowest BCUT2D eigenvalue weighted by Crippen LogP contribution is -2.29. The SMILES string of the molecule is C[C@@H](O)c1ccc(OCC(=O)NCCC#N)cc1F. The fourth-order valence-corrected chi connectivity index (χ4v) is 1.39. The van der Waals surface area contributed by atoms with E-state index in [1.54, 1.807) is 0 Å². The van der Waals surface area contributed by atoms with Crippen LogP contribution in [0.1, 0.15) is 25.0 Å². The molecule has 0 aromatic heterocycles. The van der Waals surface area contributed by atoms with E-state index in [9.17, 15) is 14.3 Å². The van der Waals surface area contributed by atoms with E-state index in [1.165, 1.54) is 19.1 Å². The standard InChI is InChI=1S/C13H15FN2O3/c1-9(17)11-4-3-10(7-12(11)14)19-8-13(18)16-6-2-5-15/h3-4,7,9,17H,2,6,8H2,1H3,(H,16,18)/t9-/m1/s1. The van der Waals surface area contributed by atoms with Gasteiger partial charge in [0.25, 0.3) is 5.91 Å². The maximum Gasteiger partial charge on any atom is 0.257 e. The number of benzene rings is 1. The van der Waals surface area contributed by atoms with Gasteiger partial charge in [-0.1, -0.05) is 0 Å². The third-order valence-corrected chi connectivity index (χ3v) is 2.35.